The normalized spacial score (nSPS) is 11.6. The highest BCUT2D eigenvalue weighted by atomic mass is 32.2. The molecule has 26 heavy (non-hydrogen) atoms. The lowest BCUT2D eigenvalue weighted by Crippen LogP contribution is -2.12. The maximum absolute atomic E-state index is 11.5. The van der Waals surface area contributed by atoms with Crippen LogP contribution >= 0.6 is 0 Å². The largest absolute Gasteiger partial charge is 0.263 e. The van der Waals surface area contributed by atoms with Crippen molar-refractivity contribution in [2.45, 2.75) is 4.90 Å². The Balaban J connectivity index is 1.82. The van der Waals surface area contributed by atoms with Crippen LogP contribution in [0.5, 0.6) is 0 Å². The molecule has 2 aromatic carbocycles. The lowest BCUT2D eigenvalue weighted by molar-refractivity contribution is 0.597. The molecule has 2 N–H and O–H groups in total. The van der Waals surface area contributed by atoms with Gasteiger partial charge in [-0.2, -0.15) is 0 Å². The van der Waals surface area contributed by atoms with Crippen LogP contribution in [-0.2, 0) is 10.0 Å². The summed E-state index contributed by atoms with van der Waals surface area (Å²) in [7, 11) is -3.81. The molecule has 0 unspecified atom stereocenters. The van der Waals surface area contributed by atoms with E-state index >= 15 is 0 Å². The Labute approximate surface area is 150 Å². The molecule has 0 fully saturated rings. The van der Waals surface area contributed by atoms with Crippen LogP contribution in [-0.4, -0.2) is 23.4 Å². The fourth-order valence-electron chi connectivity index (χ4n) is 2.67. The zero-order chi connectivity index (χ0) is 18.1. The molecular formula is C19H14N4O2S. The van der Waals surface area contributed by atoms with Gasteiger partial charge in [-0.25, -0.2) is 18.5 Å². The number of fused-ring (bicyclic) bond motifs is 1. The number of nitrogens with zero attached hydrogens (tertiary/aromatic N) is 3. The van der Waals surface area contributed by atoms with E-state index in [9.17, 15) is 8.42 Å². The Morgan fingerprint density at radius 2 is 1.58 bits per heavy atom. The molecule has 0 aliphatic carbocycles. The van der Waals surface area contributed by atoms with Crippen LogP contribution in [0, 0.1) is 0 Å². The Hall–Kier alpha value is -3.16. The summed E-state index contributed by atoms with van der Waals surface area (Å²) in [6.07, 6.45) is 4.55. The third-order valence-corrected chi connectivity index (χ3v) is 4.87. The van der Waals surface area contributed by atoms with E-state index in [1.54, 1.807) is 12.4 Å². The third kappa shape index (κ3) is 3.17. The molecule has 128 valence electrons. The monoisotopic (exact) mass is 362 g/mol. The number of hydrogen-bond acceptors (Lipinski definition) is 5. The quantitative estimate of drug-likeness (QED) is 0.604. The zero-order valence-electron chi connectivity index (χ0n) is 13.6. The Kier molecular flexibility index (Phi) is 3.95. The van der Waals surface area contributed by atoms with Gasteiger partial charge in [-0.1, -0.05) is 36.4 Å². The van der Waals surface area contributed by atoms with Crippen LogP contribution in [0.25, 0.3) is 33.4 Å². The molecule has 4 aromatic rings. The van der Waals surface area contributed by atoms with E-state index in [-0.39, 0.29) is 4.90 Å². The minimum atomic E-state index is -3.81. The van der Waals surface area contributed by atoms with Gasteiger partial charge in [0.05, 0.1) is 22.9 Å². The minimum Gasteiger partial charge on any atom is -0.263 e. The van der Waals surface area contributed by atoms with Crippen LogP contribution < -0.4 is 5.14 Å². The maximum atomic E-state index is 11.5. The summed E-state index contributed by atoms with van der Waals surface area (Å²) in [5.74, 6) is 0. The molecule has 0 spiro atoms. The fraction of sp³-hybridized carbons (Fsp3) is 0. The van der Waals surface area contributed by atoms with Gasteiger partial charge in [0, 0.05) is 23.5 Å². The average molecular weight is 362 g/mol. The van der Waals surface area contributed by atoms with Crippen LogP contribution in [0.1, 0.15) is 0 Å². The number of sulfonamides is 1. The number of nitrogens with two attached hydrogens (primary N) is 1. The van der Waals surface area contributed by atoms with E-state index in [1.165, 1.54) is 12.3 Å². The topological polar surface area (TPSA) is 98.8 Å². The molecule has 0 amide bonds. The van der Waals surface area contributed by atoms with Gasteiger partial charge in [-0.3, -0.25) is 9.97 Å². The number of aromatic nitrogens is 3. The lowest BCUT2D eigenvalue weighted by atomic mass is 10.1. The summed E-state index contributed by atoms with van der Waals surface area (Å²) < 4.78 is 23.1. The zero-order valence-corrected chi connectivity index (χ0v) is 14.4. The standard InChI is InChI=1S/C19H14N4O2S/c20-26(24,25)16-8-15(10-21-11-16)14-6-7-17-18(9-14)23-19(12-22-17)13-4-2-1-3-5-13/h1-12H,(H2,20,24,25). The van der Waals surface area contributed by atoms with E-state index in [1.807, 2.05) is 48.5 Å². The molecule has 0 saturated carbocycles. The fourth-order valence-corrected chi connectivity index (χ4v) is 3.17. The number of primary sulfonamides is 1. The first-order valence-corrected chi connectivity index (χ1v) is 9.36. The van der Waals surface area contributed by atoms with Crippen LogP contribution in [0.4, 0.5) is 0 Å². The van der Waals surface area contributed by atoms with Crippen LogP contribution in [0.3, 0.4) is 0 Å². The van der Waals surface area contributed by atoms with E-state index < -0.39 is 10.0 Å². The summed E-state index contributed by atoms with van der Waals surface area (Å²) >= 11 is 0. The second-order valence-corrected chi connectivity index (χ2v) is 7.34. The minimum absolute atomic E-state index is 0.0285. The van der Waals surface area contributed by atoms with Gasteiger partial charge in [0.1, 0.15) is 4.90 Å². The highest BCUT2D eigenvalue weighted by molar-refractivity contribution is 7.89. The molecule has 0 bridgehead atoms. The Morgan fingerprint density at radius 1 is 0.769 bits per heavy atom. The van der Waals surface area contributed by atoms with Crippen molar-refractivity contribution in [3.63, 3.8) is 0 Å². The molecule has 0 aliphatic rings. The van der Waals surface area contributed by atoms with Gasteiger partial charge >= 0.3 is 0 Å². The molecule has 2 aromatic heterocycles. The van der Waals surface area contributed by atoms with Gasteiger partial charge in [0.2, 0.25) is 10.0 Å². The number of pyridine rings is 1. The second kappa shape index (κ2) is 6.29. The number of rotatable bonds is 3. The predicted octanol–water partition coefficient (Wildman–Crippen LogP) is 3.01. The van der Waals surface area contributed by atoms with Crippen molar-refractivity contribution < 1.29 is 8.42 Å². The Morgan fingerprint density at radius 3 is 2.35 bits per heavy atom. The van der Waals surface area contributed by atoms with E-state index in [4.69, 9.17) is 5.14 Å². The van der Waals surface area contributed by atoms with Crippen molar-refractivity contribution in [1.82, 2.24) is 15.0 Å². The van der Waals surface area contributed by atoms with Crippen LogP contribution in [0.2, 0.25) is 0 Å². The SMILES string of the molecule is NS(=O)(=O)c1cncc(-c2ccc3ncc(-c4ccccc4)nc3c2)c1. The second-order valence-electron chi connectivity index (χ2n) is 5.78. The van der Waals surface area contributed by atoms with E-state index in [0.717, 1.165) is 22.3 Å². The predicted molar refractivity (Wildman–Crippen MR) is 99.6 cm³/mol. The molecule has 4 rings (SSSR count). The van der Waals surface area contributed by atoms with Crippen molar-refractivity contribution >= 4 is 21.1 Å². The summed E-state index contributed by atoms with van der Waals surface area (Å²) in [4.78, 5) is 13.1. The molecule has 6 nitrogen and oxygen atoms in total. The summed E-state index contributed by atoms with van der Waals surface area (Å²) in [5.41, 5.74) is 4.64. The molecule has 0 saturated heterocycles. The van der Waals surface area contributed by atoms with Crippen LogP contribution in [0.15, 0.2) is 78.1 Å². The first-order valence-electron chi connectivity index (χ1n) is 7.81. The molecule has 2 heterocycles. The molecule has 0 atom stereocenters. The van der Waals surface area contributed by atoms with Crippen molar-refractivity contribution in [1.29, 1.82) is 0 Å². The Bertz CT molecular complexity index is 1210. The first-order chi connectivity index (χ1) is 12.5. The summed E-state index contributed by atoms with van der Waals surface area (Å²) in [6.45, 7) is 0. The molecule has 7 heteroatoms. The van der Waals surface area contributed by atoms with Crippen molar-refractivity contribution in [3.05, 3.63) is 73.2 Å². The van der Waals surface area contributed by atoms with Gasteiger partial charge < -0.3 is 0 Å². The van der Waals surface area contributed by atoms with Gasteiger partial charge in [0.25, 0.3) is 0 Å². The summed E-state index contributed by atoms with van der Waals surface area (Å²) in [6, 6.07) is 16.8. The first kappa shape index (κ1) is 16.3. The maximum Gasteiger partial charge on any atom is 0.239 e. The van der Waals surface area contributed by atoms with Crippen molar-refractivity contribution in [2.24, 2.45) is 5.14 Å². The molecule has 0 aliphatic heterocycles. The summed E-state index contributed by atoms with van der Waals surface area (Å²) in [5, 5.41) is 5.19. The molecule has 0 radical (unpaired) electrons. The van der Waals surface area contributed by atoms with Crippen molar-refractivity contribution in [2.75, 3.05) is 0 Å². The van der Waals surface area contributed by atoms with Gasteiger partial charge in [-0.15, -0.1) is 0 Å². The number of hydrogen-bond donors (Lipinski definition) is 1. The number of benzene rings is 2. The molecular weight excluding hydrogens is 348 g/mol. The third-order valence-electron chi connectivity index (χ3n) is 3.99. The smallest absolute Gasteiger partial charge is 0.239 e. The van der Waals surface area contributed by atoms with Gasteiger partial charge in [-0.05, 0) is 23.8 Å². The van der Waals surface area contributed by atoms with Gasteiger partial charge in [0.15, 0.2) is 0 Å². The van der Waals surface area contributed by atoms with Crippen molar-refractivity contribution in [3.8, 4) is 22.4 Å². The highest BCUT2D eigenvalue weighted by Gasteiger charge is 2.11. The lowest BCUT2D eigenvalue weighted by Gasteiger charge is -2.06. The highest BCUT2D eigenvalue weighted by Crippen LogP contribution is 2.25. The average Bonchev–Trinajstić information content (AvgIpc) is 2.67. The van der Waals surface area contributed by atoms with E-state index in [0.29, 0.717) is 11.1 Å². The van der Waals surface area contributed by atoms with E-state index in [2.05, 4.69) is 15.0 Å².